The molecular weight excluding hydrogens is 1030 g/mol. The van der Waals surface area contributed by atoms with Crippen LogP contribution in [-0.4, -0.2) is 168 Å². The van der Waals surface area contributed by atoms with E-state index < -0.39 is 35.4 Å². The normalized spacial score (nSPS) is 19.6. The highest BCUT2D eigenvalue weighted by molar-refractivity contribution is 7.13. The molecule has 79 heavy (non-hydrogen) atoms. The first kappa shape index (κ1) is 59.4. The number of carbonyl (C=O) groups excluding carboxylic acids is 4. The fourth-order valence-corrected chi connectivity index (χ4v) is 11.8. The topological polar surface area (TPSA) is 207 Å². The molecule has 18 nitrogen and oxygen atoms in total. The summed E-state index contributed by atoms with van der Waals surface area (Å²) in [6.45, 7) is 15.1. The third-order valence-corrected chi connectivity index (χ3v) is 16.7. The van der Waals surface area contributed by atoms with Gasteiger partial charge in [-0.3, -0.25) is 19.2 Å². The van der Waals surface area contributed by atoms with Gasteiger partial charge in [0.2, 0.25) is 29.6 Å². The predicted molar refractivity (Wildman–Crippen MR) is 304 cm³/mol. The maximum Gasteiger partial charge on any atom is 0.251 e. The molecule has 3 atom stereocenters. The number of amides is 4. The van der Waals surface area contributed by atoms with E-state index in [4.69, 9.17) is 19.4 Å². The summed E-state index contributed by atoms with van der Waals surface area (Å²) >= 11 is 1.57. The number of carbonyl (C=O) groups is 4. The maximum atomic E-state index is 14.2. The van der Waals surface area contributed by atoms with Crippen molar-refractivity contribution in [2.24, 2.45) is 5.41 Å². The standard InChI is InChI=1S/C58H83F2N11O7S/c1-39-51(79-38-63-39)41-17-15-40(16-18-41)36-62-54(75)46-33-43(72)37-71(46)55(76)52(57(2,3)4)66-50(74)14-8-6-7-13-49(73)61-23-11-26-69-28-19-42(20-29-69)64-53-44-34-47(77-5)48(78-32-12-27-68-24-9-10-25-68)35-45(44)65-56(67-53)70-30-21-58(59,60)22-31-70/h15-18,34-35,38,42-43,46,52,72H,6-14,19-33,36-37H2,1-5H3,(H,61,73)(H,62,75)(H,66,74)(H,64,65,67)/t43-,46+,52-/m1/s1. The fourth-order valence-electron chi connectivity index (χ4n) is 11.0. The summed E-state index contributed by atoms with van der Waals surface area (Å²) in [5.41, 5.74) is 4.72. The number of aromatic nitrogens is 3. The van der Waals surface area contributed by atoms with Crippen LogP contribution in [0, 0.1) is 12.3 Å². The molecule has 4 fully saturated rings. The number of benzene rings is 2. The average Bonchev–Trinajstić information content (AvgIpc) is 4.31. The number of alkyl halides is 2. The largest absolute Gasteiger partial charge is 0.493 e. The van der Waals surface area contributed by atoms with Gasteiger partial charge in [0.1, 0.15) is 17.9 Å². The minimum absolute atomic E-state index is 0.00301. The SMILES string of the molecule is COc1cc2c(NC3CCN(CCCNC(=O)CCCCCC(=O)N[C@H](C(=O)N4C[C@H](O)C[C@H]4C(=O)NCc4ccc(-c5scnc5C)cc4)C(C)(C)C)CC3)nc(N3CCC(F)(F)CC3)nc2cc1OCCCN1CCCC1. The van der Waals surface area contributed by atoms with Crippen molar-refractivity contribution in [1.29, 1.82) is 0 Å². The lowest BCUT2D eigenvalue weighted by Gasteiger charge is -2.35. The monoisotopic (exact) mass is 1120 g/mol. The zero-order valence-corrected chi connectivity index (χ0v) is 47.7. The Morgan fingerprint density at radius 1 is 0.861 bits per heavy atom. The Morgan fingerprint density at radius 3 is 2.24 bits per heavy atom. The number of unbranched alkanes of at least 4 members (excludes halogenated alkanes) is 2. The molecule has 2 aromatic heterocycles. The van der Waals surface area contributed by atoms with Crippen molar-refractivity contribution in [3.63, 3.8) is 0 Å². The smallest absolute Gasteiger partial charge is 0.251 e. The van der Waals surface area contributed by atoms with Gasteiger partial charge in [-0.25, -0.2) is 18.7 Å². The van der Waals surface area contributed by atoms with Gasteiger partial charge in [0, 0.05) is 102 Å². The minimum Gasteiger partial charge on any atom is -0.493 e. The summed E-state index contributed by atoms with van der Waals surface area (Å²) in [5.74, 6) is -1.51. The van der Waals surface area contributed by atoms with Crippen LogP contribution in [0.2, 0.25) is 0 Å². The Morgan fingerprint density at radius 2 is 1.56 bits per heavy atom. The van der Waals surface area contributed by atoms with Gasteiger partial charge in [-0.2, -0.15) is 4.98 Å². The number of methoxy groups -OCH3 is 1. The van der Waals surface area contributed by atoms with Gasteiger partial charge in [0.25, 0.3) is 5.92 Å². The van der Waals surface area contributed by atoms with E-state index in [-0.39, 0.29) is 75.6 Å². The number of aliphatic hydroxyl groups excluding tert-OH is 1. The number of hydrogen-bond donors (Lipinski definition) is 5. The Hall–Kier alpha value is -5.77. The fraction of sp³-hybridized carbons (Fsp3) is 0.638. The second kappa shape index (κ2) is 27.6. The van der Waals surface area contributed by atoms with E-state index in [0.29, 0.717) is 67.6 Å². The molecule has 432 valence electrons. The first-order chi connectivity index (χ1) is 37.9. The Bertz CT molecular complexity index is 2670. The number of aliphatic hydroxyl groups is 1. The number of rotatable bonds is 25. The van der Waals surface area contributed by atoms with Gasteiger partial charge < -0.3 is 55.4 Å². The quantitative estimate of drug-likeness (QED) is 0.0413. The number of hydrogen-bond acceptors (Lipinski definition) is 15. The number of halogens is 2. The molecule has 6 heterocycles. The van der Waals surface area contributed by atoms with E-state index in [9.17, 15) is 33.1 Å². The van der Waals surface area contributed by atoms with Crippen LogP contribution < -0.4 is 35.6 Å². The number of ether oxygens (including phenoxy) is 2. The van der Waals surface area contributed by atoms with Crippen LogP contribution in [0.5, 0.6) is 11.5 Å². The Labute approximate surface area is 468 Å². The molecule has 2 aromatic carbocycles. The third-order valence-electron chi connectivity index (χ3n) is 15.7. The number of β-amino-alcohol motifs (C(OH)–C–C–N with tert-alkyl or cyclic N) is 1. The molecule has 0 bridgehead atoms. The molecule has 4 aliphatic heterocycles. The van der Waals surface area contributed by atoms with Gasteiger partial charge in [0.05, 0.1) is 41.4 Å². The molecule has 4 aliphatic rings. The zero-order chi connectivity index (χ0) is 56.1. The van der Waals surface area contributed by atoms with E-state index in [1.54, 1.807) is 18.4 Å². The van der Waals surface area contributed by atoms with Crippen LogP contribution in [0.15, 0.2) is 41.9 Å². The van der Waals surface area contributed by atoms with Crippen LogP contribution in [0.3, 0.4) is 0 Å². The van der Waals surface area contributed by atoms with Gasteiger partial charge in [-0.05, 0) is 101 Å². The van der Waals surface area contributed by atoms with Gasteiger partial charge in [-0.15, -0.1) is 11.3 Å². The molecule has 0 radical (unpaired) electrons. The molecule has 5 N–H and O–H groups in total. The summed E-state index contributed by atoms with van der Waals surface area (Å²) in [7, 11) is 1.62. The van der Waals surface area contributed by atoms with E-state index in [1.807, 2.05) is 74.5 Å². The highest BCUT2D eigenvalue weighted by Gasteiger charge is 2.44. The van der Waals surface area contributed by atoms with E-state index in [2.05, 4.69) is 36.1 Å². The molecule has 21 heteroatoms. The number of aryl methyl sites for hydroxylation is 1. The summed E-state index contributed by atoms with van der Waals surface area (Å²) < 4.78 is 40.4. The summed E-state index contributed by atoms with van der Waals surface area (Å²) in [4.78, 5) is 77.0. The first-order valence-electron chi connectivity index (χ1n) is 28.6. The number of anilines is 2. The van der Waals surface area contributed by atoms with E-state index >= 15 is 0 Å². The van der Waals surface area contributed by atoms with Crippen molar-refractivity contribution in [3.8, 4) is 21.9 Å². The van der Waals surface area contributed by atoms with Gasteiger partial charge in [0.15, 0.2) is 11.5 Å². The molecule has 4 aromatic rings. The van der Waals surface area contributed by atoms with Crippen LogP contribution in [0.25, 0.3) is 21.3 Å². The number of nitrogens with one attached hydrogen (secondary N) is 4. The van der Waals surface area contributed by atoms with Crippen molar-refractivity contribution in [1.82, 2.24) is 45.6 Å². The van der Waals surface area contributed by atoms with Crippen molar-refractivity contribution >= 4 is 57.6 Å². The molecular formula is C58H83F2N11O7S. The third kappa shape index (κ3) is 16.7. The minimum atomic E-state index is -2.69. The number of thiazole rings is 1. The van der Waals surface area contributed by atoms with Crippen molar-refractivity contribution < 1.29 is 42.5 Å². The second-order valence-corrected chi connectivity index (χ2v) is 23.8. The zero-order valence-electron chi connectivity index (χ0n) is 46.9. The molecule has 4 amide bonds. The first-order valence-corrected chi connectivity index (χ1v) is 29.5. The summed E-state index contributed by atoms with van der Waals surface area (Å²) in [6, 6.07) is 10.0. The lowest BCUT2D eigenvalue weighted by atomic mass is 9.85. The Balaban J connectivity index is 0.728. The number of fused-ring (bicyclic) bond motifs is 1. The summed E-state index contributed by atoms with van der Waals surface area (Å²) in [5, 5.41) is 24.0. The highest BCUT2D eigenvalue weighted by atomic mass is 32.1. The number of nitrogens with zero attached hydrogens (tertiary/aromatic N) is 7. The lowest BCUT2D eigenvalue weighted by molar-refractivity contribution is -0.144. The number of piperidine rings is 2. The lowest BCUT2D eigenvalue weighted by Crippen LogP contribution is -2.57. The van der Waals surface area contributed by atoms with E-state index in [1.165, 1.54) is 17.7 Å². The van der Waals surface area contributed by atoms with E-state index in [0.717, 1.165) is 92.0 Å². The average molecular weight is 1120 g/mol. The highest BCUT2D eigenvalue weighted by Crippen LogP contribution is 2.38. The molecule has 8 rings (SSSR count). The number of likely N-dealkylation sites (tertiary alicyclic amines) is 3. The molecule has 0 spiro atoms. The molecule has 0 unspecified atom stereocenters. The van der Waals surface area contributed by atoms with Crippen LogP contribution in [-0.2, 0) is 25.7 Å². The Kier molecular flexibility index (Phi) is 20.7. The molecule has 0 aliphatic carbocycles. The van der Waals surface area contributed by atoms with Crippen molar-refractivity contribution in [2.75, 3.05) is 89.4 Å². The van der Waals surface area contributed by atoms with Crippen molar-refractivity contribution in [3.05, 3.63) is 53.2 Å². The molecule has 4 saturated heterocycles. The molecule has 0 saturated carbocycles. The van der Waals surface area contributed by atoms with Gasteiger partial charge in [-0.1, -0.05) is 51.5 Å². The van der Waals surface area contributed by atoms with Gasteiger partial charge >= 0.3 is 0 Å². The maximum absolute atomic E-state index is 14.2. The van der Waals surface area contributed by atoms with Crippen LogP contribution >= 0.6 is 11.3 Å². The predicted octanol–water partition coefficient (Wildman–Crippen LogP) is 7.31. The summed E-state index contributed by atoms with van der Waals surface area (Å²) in [6.07, 6.45) is 7.06. The van der Waals surface area contributed by atoms with Crippen LogP contribution in [0.4, 0.5) is 20.5 Å². The van der Waals surface area contributed by atoms with Crippen molar-refractivity contribution in [2.45, 2.75) is 154 Å². The van der Waals surface area contributed by atoms with Crippen LogP contribution in [0.1, 0.15) is 122 Å². The second-order valence-electron chi connectivity index (χ2n) is 23.0.